The fourth-order valence-electron chi connectivity index (χ4n) is 8.43. The van der Waals surface area contributed by atoms with E-state index >= 15 is 0 Å². The highest BCUT2D eigenvalue weighted by molar-refractivity contribution is 6.07. The highest BCUT2D eigenvalue weighted by Gasteiger charge is 2.62. The normalized spacial score (nSPS) is 30.3. The molecule has 0 saturated heterocycles. The van der Waals surface area contributed by atoms with Gasteiger partial charge in [0.1, 0.15) is 11.4 Å². The summed E-state index contributed by atoms with van der Waals surface area (Å²) in [4.78, 5) is 27.3. The predicted molar refractivity (Wildman–Crippen MR) is 161 cm³/mol. The number of hydrogen-bond acceptors (Lipinski definition) is 4. The van der Waals surface area contributed by atoms with Crippen LogP contribution in [0.5, 0.6) is 5.75 Å². The zero-order valence-electron chi connectivity index (χ0n) is 24.5. The Bertz CT molecular complexity index is 1520. The van der Waals surface area contributed by atoms with Gasteiger partial charge in [0.2, 0.25) is 0 Å². The van der Waals surface area contributed by atoms with Crippen LogP contribution in [0.2, 0.25) is 0 Å². The van der Waals surface area contributed by atoms with Crippen LogP contribution in [-0.2, 0) is 4.79 Å². The van der Waals surface area contributed by atoms with Gasteiger partial charge in [0, 0.05) is 30.5 Å². The van der Waals surface area contributed by atoms with Crippen molar-refractivity contribution in [2.45, 2.75) is 70.3 Å². The molecule has 0 unspecified atom stereocenters. The molecule has 1 amide bonds. The van der Waals surface area contributed by atoms with Gasteiger partial charge in [0.15, 0.2) is 5.78 Å². The molecule has 6 rings (SSSR count). The average Bonchev–Trinajstić information content (AvgIpc) is 3.25. The molecule has 2 fully saturated rings. The van der Waals surface area contributed by atoms with Gasteiger partial charge in [-0.25, -0.2) is 0 Å². The van der Waals surface area contributed by atoms with Gasteiger partial charge in [-0.05, 0) is 104 Å². The van der Waals surface area contributed by atoms with Crippen molar-refractivity contribution < 1.29 is 19.4 Å². The molecule has 5 atom stereocenters. The van der Waals surface area contributed by atoms with E-state index < -0.39 is 5.60 Å². The number of hydrogen-bond donors (Lipinski definition) is 1. The molecule has 0 aromatic heterocycles. The van der Waals surface area contributed by atoms with Gasteiger partial charge in [-0.2, -0.15) is 0 Å². The number of ketones is 1. The van der Waals surface area contributed by atoms with Gasteiger partial charge in [-0.3, -0.25) is 9.59 Å². The molecule has 5 heteroatoms. The molecule has 41 heavy (non-hydrogen) atoms. The lowest BCUT2D eigenvalue weighted by molar-refractivity contribution is -0.114. The minimum atomic E-state index is -0.999. The molecular weight excluding hydrogens is 510 g/mol. The summed E-state index contributed by atoms with van der Waals surface area (Å²) in [6.45, 7) is 4.08. The van der Waals surface area contributed by atoms with Crippen molar-refractivity contribution in [1.29, 1.82) is 0 Å². The van der Waals surface area contributed by atoms with E-state index in [4.69, 9.17) is 4.74 Å². The summed E-state index contributed by atoms with van der Waals surface area (Å²) in [5.41, 5.74) is 5.29. The zero-order chi connectivity index (χ0) is 28.9. The van der Waals surface area contributed by atoms with Crippen molar-refractivity contribution in [2.24, 2.45) is 17.3 Å². The number of rotatable bonds is 4. The molecule has 2 aromatic rings. The fraction of sp³-hybridized carbons (Fsp3) is 0.444. The van der Waals surface area contributed by atoms with Crippen LogP contribution in [-0.4, -0.2) is 36.6 Å². The molecule has 2 aromatic carbocycles. The Labute approximate surface area is 243 Å². The Hall–Kier alpha value is -3.62. The number of methoxy groups -OCH3 is 1. The van der Waals surface area contributed by atoms with Gasteiger partial charge in [-0.15, -0.1) is 5.92 Å². The average molecular weight is 550 g/mol. The molecule has 0 heterocycles. The van der Waals surface area contributed by atoms with E-state index in [9.17, 15) is 14.7 Å². The van der Waals surface area contributed by atoms with Gasteiger partial charge < -0.3 is 14.7 Å². The van der Waals surface area contributed by atoms with Crippen LogP contribution in [0.3, 0.4) is 0 Å². The summed E-state index contributed by atoms with van der Waals surface area (Å²) in [5.74, 6) is 7.80. The first-order valence-corrected chi connectivity index (χ1v) is 14.8. The lowest BCUT2D eigenvalue weighted by Crippen LogP contribution is -2.51. The highest BCUT2D eigenvalue weighted by atomic mass is 16.5. The third-order valence-corrected chi connectivity index (χ3v) is 10.5. The van der Waals surface area contributed by atoms with Crippen LogP contribution in [0, 0.1) is 29.1 Å². The van der Waals surface area contributed by atoms with Crippen LogP contribution >= 0.6 is 0 Å². The number of amides is 1. The van der Waals surface area contributed by atoms with Crippen molar-refractivity contribution in [1.82, 2.24) is 0 Å². The number of benzene rings is 2. The van der Waals surface area contributed by atoms with E-state index in [0.717, 1.165) is 37.8 Å². The van der Waals surface area contributed by atoms with E-state index in [0.29, 0.717) is 36.0 Å². The standard InChI is InChI=1S/C36H39NO4/c1-5-19-36(40)20-18-31-28-16-12-24-21-26(38)15-17-27(24)33(28)30(22-35(31,36)2)23-10-13-25(14-11-23)37(3)34(39)29-8-6-7-9-32(29)41-4/h6-11,13-14,21,28,30-31,40H,12,15-18,20,22H2,1-4H3/t28-,30+,31-,35-,36-/m0/s1. The number of para-hydroxylation sites is 1. The number of anilines is 1. The first kappa shape index (κ1) is 27.5. The molecule has 212 valence electrons. The molecule has 0 radical (unpaired) electrons. The molecular formula is C36H39NO4. The Morgan fingerprint density at radius 2 is 1.83 bits per heavy atom. The van der Waals surface area contributed by atoms with Crippen LogP contribution in [0.25, 0.3) is 0 Å². The number of aliphatic hydroxyl groups is 1. The molecule has 0 bridgehead atoms. The van der Waals surface area contributed by atoms with Crippen molar-refractivity contribution >= 4 is 17.4 Å². The quantitative estimate of drug-likeness (QED) is 0.435. The van der Waals surface area contributed by atoms with Crippen molar-refractivity contribution in [2.75, 3.05) is 19.1 Å². The highest BCUT2D eigenvalue weighted by Crippen LogP contribution is 2.66. The smallest absolute Gasteiger partial charge is 0.261 e. The Morgan fingerprint density at radius 1 is 1.07 bits per heavy atom. The molecule has 0 aliphatic heterocycles. The second kappa shape index (κ2) is 10.3. The minimum Gasteiger partial charge on any atom is -0.496 e. The molecule has 0 spiro atoms. The zero-order valence-corrected chi connectivity index (χ0v) is 24.5. The molecule has 1 N–H and O–H groups in total. The van der Waals surface area contributed by atoms with E-state index in [1.165, 1.54) is 22.3 Å². The van der Waals surface area contributed by atoms with Gasteiger partial charge >= 0.3 is 0 Å². The van der Waals surface area contributed by atoms with E-state index in [1.807, 2.05) is 37.3 Å². The van der Waals surface area contributed by atoms with Crippen LogP contribution < -0.4 is 9.64 Å². The first-order chi connectivity index (χ1) is 19.7. The fourth-order valence-corrected chi connectivity index (χ4v) is 8.43. The first-order valence-electron chi connectivity index (χ1n) is 14.8. The maximum Gasteiger partial charge on any atom is 0.261 e. The largest absolute Gasteiger partial charge is 0.496 e. The third kappa shape index (κ3) is 4.35. The number of carbonyl (C=O) groups excluding carboxylic acids is 2. The summed E-state index contributed by atoms with van der Waals surface area (Å²) in [5, 5.41) is 11.9. The number of fused-ring (bicyclic) bond motifs is 4. The monoisotopic (exact) mass is 549 g/mol. The summed E-state index contributed by atoms with van der Waals surface area (Å²) < 4.78 is 5.42. The SMILES string of the molecule is CC#C[C@]1(O)CC[C@H]2[C@@H]3CCC4=CC(=O)CCC4=C3[C@@H](c3ccc(N(C)C(=O)c4ccccc4OC)cc3)C[C@@]21C. The lowest BCUT2D eigenvalue weighted by Gasteiger charge is -2.53. The number of ether oxygens (including phenoxy) is 1. The minimum absolute atomic E-state index is 0.126. The third-order valence-electron chi connectivity index (χ3n) is 10.5. The molecule has 4 aliphatic carbocycles. The molecule has 4 aliphatic rings. The summed E-state index contributed by atoms with van der Waals surface area (Å²) in [6.07, 6.45) is 7.71. The molecule has 2 saturated carbocycles. The van der Waals surface area contributed by atoms with Crippen LogP contribution in [0.4, 0.5) is 5.69 Å². The Morgan fingerprint density at radius 3 is 2.56 bits per heavy atom. The topological polar surface area (TPSA) is 66.8 Å². The van der Waals surface area contributed by atoms with E-state index in [1.54, 1.807) is 31.2 Å². The summed E-state index contributed by atoms with van der Waals surface area (Å²) >= 11 is 0. The second-order valence-corrected chi connectivity index (χ2v) is 12.4. The maximum atomic E-state index is 13.3. The number of allylic oxidation sites excluding steroid dienone is 4. The number of carbonyl (C=O) groups is 2. The van der Waals surface area contributed by atoms with E-state index in [2.05, 4.69) is 30.9 Å². The number of nitrogens with zero attached hydrogens (tertiary/aromatic N) is 1. The van der Waals surface area contributed by atoms with Crippen molar-refractivity contribution in [3.63, 3.8) is 0 Å². The van der Waals surface area contributed by atoms with Gasteiger partial charge in [0.05, 0.1) is 12.7 Å². The Kier molecular flexibility index (Phi) is 6.94. The van der Waals surface area contributed by atoms with Crippen LogP contribution in [0.1, 0.15) is 80.6 Å². The lowest BCUT2D eigenvalue weighted by atomic mass is 9.51. The predicted octanol–water partition coefficient (Wildman–Crippen LogP) is 6.63. The van der Waals surface area contributed by atoms with Gasteiger partial charge in [-0.1, -0.05) is 42.7 Å². The van der Waals surface area contributed by atoms with E-state index in [-0.39, 0.29) is 23.0 Å². The summed E-state index contributed by atoms with van der Waals surface area (Å²) in [6, 6.07) is 15.6. The van der Waals surface area contributed by atoms with Crippen molar-refractivity contribution in [3.8, 4) is 17.6 Å². The maximum absolute atomic E-state index is 13.3. The molecule has 5 nitrogen and oxygen atoms in total. The van der Waals surface area contributed by atoms with Gasteiger partial charge in [0.25, 0.3) is 5.91 Å². The van der Waals surface area contributed by atoms with Crippen LogP contribution in [0.15, 0.2) is 71.3 Å². The second-order valence-electron chi connectivity index (χ2n) is 12.4. The van der Waals surface area contributed by atoms with Crippen molar-refractivity contribution in [3.05, 3.63) is 82.5 Å². The Balaban J connectivity index is 1.40. The summed E-state index contributed by atoms with van der Waals surface area (Å²) in [7, 11) is 3.36.